The maximum atomic E-state index is 12.8. The molecule has 1 aromatic carbocycles. The van der Waals surface area contributed by atoms with Gasteiger partial charge in [-0.2, -0.15) is 0 Å². The molecule has 2 aromatic heterocycles. The fourth-order valence-electron chi connectivity index (χ4n) is 3.95. The molecule has 0 atom stereocenters. The number of piperidine rings is 1. The van der Waals surface area contributed by atoms with Crippen molar-refractivity contribution in [2.75, 3.05) is 26.7 Å². The molecule has 3 aromatic rings. The summed E-state index contributed by atoms with van der Waals surface area (Å²) in [6, 6.07) is 7.62. The second kappa shape index (κ2) is 9.32. The van der Waals surface area contributed by atoms with Gasteiger partial charge in [0.15, 0.2) is 0 Å². The van der Waals surface area contributed by atoms with Gasteiger partial charge in [0.25, 0.3) is 6.43 Å². The second-order valence-corrected chi connectivity index (χ2v) is 9.09. The normalized spacial score (nSPS) is 15.8. The average Bonchev–Trinajstić information content (AvgIpc) is 3.19. The van der Waals surface area contributed by atoms with E-state index in [1.807, 2.05) is 31.2 Å². The third-order valence-electron chi connectivity index (χ3n) is 5.67. The fourth-order valence-corrected chi connectivity index (χ4v) is 4.64. The van der Waals surface area contributed by atoms with Crippen molar-refractivity contribution in [2.24, 2.45) is 0 Å². The summed E-state index contributed by atoms with van der Waals surface area (Å²) in [5, 5.41) is 11.5. The van der Waals surface area contributed by atoms with Crippen LogP contribution in [0.3, 0.4) is 0 Å². The molecule has 1 fully saturated rings. The van der Waals surface area contributed by atoms with Gasteiger partial charge in [-0.15, -0.1) is 10.2 Å². The van der Waals surface area contributed by atoms with Crippen LogP contribution in [0.4, 0.5) is 8.78 Å². The number of rotatable bonds is 6. The molecular weight excluding hydrogens is 420 g/mol. The quantitative estimate of drug-likeness (QED) is 0.577. The Kier molecular flexibility index (Phi) is 6.13. The number of alkyl halides is 2. The van der Waals surface area contributed by atoms with Gasteiger partial charge in [0, 0.05) is 36.3 Å². The molecule has 0 saturated carbocycles. The first-order valence-electron chi connectivity index (χ1n) is 10.8. The van der Waals surface area contributed by atoms with Crippen LogP contribution in [0, 0.1) is 6.92 Å². The highest BCUT2D eigenvalue weighted by Crippen LogP contribution is 2.27. The van der Waals surface area contributed by atoms with Crippen LogP contribution in [0.2, 0.25) is 0 Å². The summed E-state index contributed by atoms with van der Waals surface area (Å²) in [7, 11) is 1.71. The molecule has 0 N–H and O–H groups in total. The van der Waals surface area contributed by atoms with E-state index >= 15 is 0 Å². The van der Waals surface area contributed by atoms with E-state index in [0.29, 0.717) is 37.0 Å². The highest BCUT2D eigenvalue weighted by atomic mass is 32.1. The summed E-state index contributed by atoms with van der Waals surface area (Å²) in [4.78, 5) is 20.6. The summed E-state index contributed by atoms with van der Waals surface area (Å²) >= 11 is 1.50. The van der Waals surface area contributed by atoms with E-state index in [1.165, 1.54) is 11.3 Å². The molecule has 0 bridgehead atoms. The highest BCUT2D eigenvalue weighted by molar-refractivity contribution is 7.14. The van der Waals surface area contributed by atoms with Crippen LogP contribution in [-0.4, -0.2) is 70.0 Å². The summed E-state index contributed by atoms with van der Waals surface area (Å²) in [5.41, 5.74) is 1.47. The average molecular weight is 447 g/mol. The van der Waals surface area contributed by atoms with E-state index in [1.54, 1.807) is 16.8 Å². The number of nitrogens with zero attached hydrogens (tertiary/aromatic N) is 5. The number of carbonyl (C=O) groups is 1. The molecule has 0 spiro atoms. The Bertz CT molecular complexity index is 1120. The van der Waals surface area contributed by atoms with Crippen LogP contribution in [0.15, 0.2) is 30.4 Å². The molecule has 31 heavy (non-hydrogen) atoms. The van der Waals surface area contributed by atoms with Gasteiger partial charge in [-0.05, 0) is 44.3 Å². The molecule has 0 radical (unpaired) electrons. The van der Waals surface area contributed by atoms with Crippen molar-refractivity contribution in [2.45, 2.75) is 38.7 Å². The van der Waals surface area contributed by atoms with Gasteiger partial charge < -0.3 is 4.90 Å². The zero-order valence-corrected chi connectivity index (χ0v) is 18.3. The van der Waals surface area contributed by atoms with E-state index in [0.717, 1.165) is 21.0 Å². The number of pyridine rings is 1. The predicted octanol–water partition coefficient (Wildman–Crippen LogP) is 3.79. The lowest BCUT2D eigenvalue weighted by Crippen LogP contribution is -2.47. The summed E-state index contributed by atoms with van der Waals surface area (Å²) in [5.74, 6) is -0.0536. The number of halogens is 2. The largest absolute Gasteiger partial charge is 0.342 e. The molecule has 9 heteroatoms. The molecule has 3 heterocycles. The van der Waals surface area contributed by atoms with Crippen molar-refractivity contribution < 1.29 is 14.9 Å². The van der Waals surface area contributed by atoms with E-state index in [2.05, 4.69) is 15.2 Å². The van der Waals surface area contributed by atoms with Gasteiger partial charge in [0.1, 0.15) is 10.0 Å². The molecule has 1 aliphatic heterocycles. The highest BCUT2D eigenvalue weighted by Gasteiger charge is 2.26. The Morgan fingerprint density at radius 2 is 2.06 bits per heavy atom. The Morgan fingerprint density at radius 1 is 1.29 bits per heavy atom. The smallest absolute Gasteiger partial charge is 0.251 e. The maximum absolute atomic E-state index is 12.8. The van der Waals surface area contributed by atoms with Gasteiger partial charge in [-0.1, -0.05) is 23.5 Å². The molecule has 0 unspecified atom stereocenters. The topological polar surface area (TPSA) is 62.2 Å². The summed E-state index contributed by atoms with van der Waals surface area (Å²) in [6.45, 7) is 2.74. The minimum Gasteiger partial charge on any atom is -0.342 e. The number of aryl methyl sites for hydroxylation is 1. The first kappa shape index (κ1) is 20.4. The lowest BCUT2D eigenvalue weighted by Gasteiger charge is -2.36. The third kappa shape index (κ3) is 5.22. The van der Waals surface area contributed by atoms with Gasteiger partial charge in [0.2, 0.25) is 5.91 Å². The maximum Gasteiger partial charge on any atom is 0.251 e. The van der Waals surface area contributed by atoms with Gasteiger partial charge >= 0.3 is 0 Å². The van der Waals surface area contributed by atoms with Crippen LogP contribution < -0.4 is 0 Å². The van der Waals surface area contributed by atoms with Crippen LogP contribution in [-0.2, 0) is 11.2 Å². The lowest BCUT2D eigenvalue weighted by molar-refractivity contribution is -0.132. The van der Waals surface area contributed by atoms with Crippen molar-refractivity contribution in [1.82, 2.24) is 25.0 Å². The predicted molar refractivity (Wildman–Crippen MR) is 117 cm³/mol. The van der Waals surface area contributed by atoms with Gasteiger partial charge in [-0.25, -0.2) is 8.78 Å². The Hall–Kier alpha value is -2.52. The van der Waals surface area contributed by atoms with E-state index in [9.17, 15) is 13.6 Å². The molecule has 1 aliphatic rings. The number of likely N-dealkylation sites (tertiary alicyclic amines) is 1. The minimum absolute atomic E-state index is 0.0536. The van der Waals surface area contributed by atoms with Gasteiger partial charge in [0.05, 0.1) is 20.0 Å². The molecule has 4 rings (SSSR count). The summed E-state index contributed by atoms with van der Waals surface area (Å²) < 4.78 is 33.5. The number of aromatic nitrogens is 3. The van der Waals surface area contributed by atoms with Crippen molar-refractivity contribution >= 4 is 28.0 Å². The van der Waals surface area contributed by atoms with Crippen LogP contribution in [0.25, 0.3) is 21.3 Å². The molecule has 0 aliphatic carbocycles. The Morgan fingerprint density at radius 3 is 2.74 bits per heavy atom. The standard InChI is InChI=1S/C22H25F2N5OS/c1-14-26-27-22(31-14)15-3-4-16-12-25-18(10-17(16)9-15)11-21(30)29-7-5-19(6-8-29)28(2)13-20(23)24/h3-4,9-10,12,19-20H,5-8,11,13H2,1-2H3/i12D. The van der Waals surface area contributed by atoms with E-state index < -0.39 is 6.43 Å². The van der Waals surface area contributed by atoms with Crippen molar-refractivity contribution in [1.29, 1.82) is 0 Å². The zero-order valence-electron chi connectivity index (χ0n) is 18.5. The number of hydrogen-bond acceptors (Lipinski definition) is 6. The van der Waals surface area contributed by atoms with E-state index in [-0.39, 0.29) is 31.1 Å². The molecule has 164 valence electrons. The van der Waals surface area contributed by atoms with Crippen molar-refractivity contribution in [3.63, 3.8) is 0 Å². The van der Waals surface area contributed by atoms with Gasteiger partial charge in [-0.3, -0.25) is 14.7 Å². The first-order valence-corrected chi connectivity index (χ1v) is 11.1. The minimum atomic E-state index is -2.35. The number of benzene rings is 1. The third-order valence-corrected chi connectivity index (χ3v) is 6.55. The number of amides is 1. The fraction of sp³-hybridized carbons (Fsp3) is 0.455. The number of carbonyl (C=O) groups excluding carboxylic acids is 1. The number of fused-ring (bicyclic) bond motifs is 1. The SMILES string of the molecule is [2H]c1nc(CC(=O)N2CCC(N(C)CC(F)F)CC2)cc2cc(-c3nnc(C)s3)ccc12. The Labute approximate surface area is 185 Å². The summed E-state index contributed by atoms with van der Waals surface area (Å²) in [6.07, 6.45) is -0.753. The molecular formula is C22H25F2N5OS. The molecule has 6 nitrogen and oxygen atoms in total. The Balaban J connectivity index is 1.45. The first-order chi connectivity index (χ1) is 15.3. The van der Waals surface area contributed by atoms with Crippen LogP contribution in [0.5, 0.6) is 0 Å². The molecule has 1 saturated heterocycles. The second-order valence-electron chi connectivity index (χ2n) is 7.91. The van der Waals surface area contributed by atoms with Crippen LogP contribution in [0.1, 0.15) is 24.9 Å². The zero-order chi connectivity index (χ0) is 22.8. The van der Waals surface area contributed by atoms with E-state index in [4.69, 9.17) is 1.37 Å². The van der Waals surface area contributed by atoms with Crippen molar-refractivity contribution in [3.8, 4) is 10.6 Å². The number of hydrogen-bond donors (Lipinski definition) is 0. The monoisotopic (exact) mass is 446 g/mol. The van der Waals surface area contributed by atoms with Crippen molar-refractivity contribution in [3.05, 3.63) is 41.1 Å². The van der Waals surface area contributed by atoms with Crippen LogP contribution >= 0.6 is 11.3 Å². The molecule has 1 amide bonds. The lowest BCUT2D eigenvalue weighted by atomic mass is 10.0.